The minimum Gasteiger partial charge on any atom is -0.330 e. The third-order valence-corrected chi connectivity index (χ3v) is 2.43. The fourth-order valence-electron chi connectivity index (χ4n) is 1.47. The molecular formula is C10H19N. The average molecular weight is 153 g/mol. The molecule has 2 N–H and O–H groups in total. The summed E-state index contributed by atoms with van der Waals surface area (Å²) < 4.78 is 0. The molecule has 1 nitrogen and oxygen atoms in total. The summed E-state index contributed by atoms with van der Waals surface area (Å²) >= 11 is 0. The van der Waals surface area contributed by atoms with Crippen LogP contribution in [0.1, 0.15) is 33.1 Å². The molecule has 0 aliphatic heterocycles. The highest BCUT2D eigenvalue weighted by molar-refractivity contribution is 5.22. The maximum absolute atomic E-state index is 5.64. The summed E-state index contributed by atoms with van der Waals surface area (Å²) in [5, 5.41) is 0. The first-order valence-corrected chi connectivity index (χ1v) is 4.68. The van der Waals surface area contributed by atoms with Crippen LogP contribution in [-0.4, -0.2) is 6.54 Å². The zero-order valence-corrected chi connectivity index (χ0v) is 7.64. The summed E-state index contributed by atoms with van der Waals surface area (Å²) in [6.07, 6.45) is 6.22. The number of rotatable bonds is 4. The molecule has 1 heteroatoms. The zero-order valence-electron chi connectivity index (χ0n) is 7.64. The molecule has 0 aromatic carbocycles. The monoisotopic (exact) mass is 153 g/mol. The Morgan fingerprint density at radius 2 is 2.36 bits per heavy atom. The van der Waals surface area contributed by atoms with Crippen molar-refractivity contribution in [2.45, 2.75) is 33.1 Å². The smallest absolute Gasteiger partial charge is 0.00141 e. The summed E-state index contributed by atoms with van der Waals surface area (Å²) in [5.41, 5.74) is 7.27. The molecule has 0 heterocycles. The van der Waals surface area contributed by atoms with Crippen molar-refractivity contribution >= 4 is 0 Å². The van der Waals surface area contributed by atoms with Crippen LogP contribution in [0.15, 0.2) is 11.6 Å². The average Bonchev–Trinajstić information content (AvgIpc) is 2.66. The van der Waals surface area contributed by atoms with Crippen LogP contribution in [0.25, 0.3) is 0 Å². The standard InChI is InChI=1S/C10H19N/c1-3-4-9(7-11)6-10-5-8(10)2/h6,8-9H,3-5,7,11H2,1-2H3/b10-6-. The Kier molecular flexibility index (Phi) is 3.13. The molecule has 0 spiro atoms. The second-order valence-corrected chi connectivity index (χ2v) is 3.63. The molecule has 11 heavy (non-hydrogen) atoms. The largest absolute Gasteiger partial charge is 0.330 e. The highest BCUT2D eigenvalue weighted by Gasteiger charge is 2.24. The van der Waals surface area contributed by atoms with Gasteiger partial charge >= 0.3 is 0 Å². The van der Waals surface area contributed by atoms with Gasteiger partial charge in [-0.2, -0.15) is 0 Å². The molecular weight excluding hydrogens is 134 g/mol. The first kappa shape index (κ1) is 8.79. The first-order valence-electron chi connectivity index (χ1n) is 4.68. The van der Waals surface area contributed by atoms with Gasteiger partial charge in [-0.25, -0.2) is 0 Å². The van der Waals surface area contributed by atoms with Crippen molar-refractivity contribution in [2.24, 2.45) is 17.6 Å². The summed E-state index contributed by atoms with van der Waals surface area (Å²) in [6, 6.07) is 0. The Bertz CT molecular complexity index is 149. The van der Waals surface area contributed by atoms with Gasteiger partial charge in [0.2, 0.25) is 0 Å². The Morgan fingerprint density at radius 3 is 2.73 bits per heavy atom. The van der Waals surface area contributed by atoms with Crippen molar-refractivity contribution in [1.29, 1.82) is 0 Å². The van der Waals surface area contributed by atoms with Gasteiger partial charge in [0.25, 0.3) is 0 Å². The lowest BCUT2D eigenvalue weighted by Gasteiger charge is -2.06. The van der Waals surface area contributed by atoms with E-state index in [9.17, 15) is 0 Å². The Morgan fingerprint density at radius 1 is 1.73 bits per heavy atom. The van der Waals surface area contributed by atoms with Crippen molar-refractivity contribution in [1.82, 2.24) is 0 Å². The summed E-state index contributed by atoms with van der Waals surface area (Å²) in [7, 11) is 0. The molecule has 2 unspecified atom stereocenters. The molecule has 1 aliphatic rings. The predicted octanol–water partition coefficient (Wildman–Crippen LogP) is 2.33. The van der Waals surface area contributed by atoms with Crippen LogP contribution >= 0.6 is 0 Å². The van der Waals surface area contributed by atoms with Gasteiger partial charge in [0.1, 0.15) is 0 Å². The number of allylic oxidation sites excluding steroid dienone is 1. The molecule has 64 valence electrons. The predicted molar refractivity (Wildman–Crippen MR) is 49.3 cm³/mol. The lowest BCUT2D eigenvalue weighted by molar-refractivity contribution is 0.589. The number of nitrogens with two attached hydrogens (primary N) is 1. The van der Waals surface area contributed by atoms with Crippen molar-refractivity contribution in [3.8, 4) is 0 Å². The minimum atomic E-state index is 0.653. The van der Waals surface area contributed by atoms with Gasteiger partial charge in [0, 0.05) is 0 Å². The van der Waals surface area contributed by atoms with Crippen LogP contribution in [0, 0.1) is 11.8 Å². The molecule has 2 atom stereocenters. The Balaban J connectivity index is 2.32. The van der Waals surface area contributed by atoms with Crippen LogP contribution in [0.3, 0.4) is 0 Å². The third-order valence-electron chi connectivity index (χ3n) is 2.43. The quantitative estimate of drug-likeness (QED) is 0.616. The van der Waals surface area contributed by atoms with Gasteiger partial charge in [-0.05, 0) is 31.2 Å². The van der Waals surface area contributed by atoms with E-state index in [2.05, 4.69) is 19.9 Å². The Labute approximate surface area is 69.7 Å². The fourth-order valence-corrected chi connectivity index (χ4v) is 1.47. The summed E-state index contributed by atoms with van der Waals surface area (Å²) in [6.45, 7) is 5.33. The van der Waals surface area contributed by atoms with E-state index in [1.165, 1.54) is 19.3 Å². The highest BCUT2D eigenvalue weighted by Crippen LogP contribution is 2.37. The van der Waals surface area contributed by atoms with E-state index in [4.69, 9.17) is 5.73 Å². The fraction of sp³-hybridized carbons (Fsp3) is 0.800. The van der Waals surface area contributed by atoms with E-state index in [-0.39, 0.29) is 0 Å². The molecule has 0 bridgehead atoms. The second-order valence-electron chi connectivity index (χ2n) is 3.63. The molecule has 0 aromatic heterocycles. The maximum atomic E-state index is 5.64. The zero-order chi connectivity index (χ0) is 8.27. The lowest BCUT2D eigenvalue weighted by atomic mass is 10.0. The van der Waals surface area contributed by atoms with E-state index >= 15 is 0 Å². The van der Waals surface area contributed by atoms with Crippen LogP contribution < -0.4 is 5.73 Å². The molecule has 0 saturated heterocycles. The van der Waals surface area contributed by atoms with Gasteiger partial charge in [-0.15, -0.1) is 0 Å². The molecule has 1 rings (SSSR count). The minimum absolute atomic E-state index is 0.653. The van der Waals surface area contributed by atoms with Crippen LogP contribution in [-0.2, 0) is 0 Å². The van der Waals surface area contributed by atoms with Crippen molar-refractivity contribution in [2.75, 3.05) is 6.54 Å². The summed E-state index contributed by atoms with van der Waals surface area (Å²) in [5.74, 6) is 1.51. The van der Waals surface area contributed by atoms with Gasteiger partial charge in [-0.1, -0.05) is 31.9 Å². The third kappa shape index (κ3) is 2.66. The summed E-state index contributed by atoms with van der Waals surface area (Å²) in [4.78, 5) is 0. The van der Waals surface area contributed by atoms with Gasteiger partial charge < -0.3 is 5.73 Å². The van der Waals surface area contributed by atoms with Gasteiger partial charge in [0.05, 0.1) is 0 Å². The molecule has 1 saturated carbocycles. The molecule has 0 radical (unpaired) electrons. The molecule has 0 amide bonds. The van der Waals surface area contributed by atoms with Crippen molar-refractivity contribution in [3.63, 3.8) is 0 Å². The van der Waals surface area contributed by atoms with Crippen molar-refractivity contribution in [3.05, 3.63) is 11.6 Å². The van der Waals surface area contributed by atoms with Gasteiger partial charge in [-0.3, -0.25) is 0 Å². The van der Waals surface area contributed by atoms with E-state index in [0.29, 0.717) is 5.92 Å². The van der Waals surface area contributed by atoms with Crippen molar-refractivity contribution < 1.29 is 0 Å². The highest BCUT2D eigenvalue weighted by atomic mass is 14.5. The second kappa shape index (κ2) is 3.91. The van der Waals surface area contributed by atoms with Crippen LogP contribution in [0.2, 0.25) is 0 Å². The molecule has 0 aromatic rings. The SMILES string of the molecule is CCCC(/C=C1/CC1C)CN. The Hall–Kier alpha value is -0.300. The number of hydrogen-bond acceptors (Lipinski definition) is 1. The molecule has 1 fully saturated rings. The van der Waals surface area contributed by atoms with Crippen LogP contribution in [0.4, 0.5) is 0 Å². The molecule has 1 aliphatic carbocycles. The first-order chi connectivity index (χ1) is 5.27. The van der Waals surface area contributed by atoms with Gasteiger partial charge in [0.15, 0.2) is 0 Å². The topological polar surface area (TPSA) is 26.0 Å². The van der Waals surface area contributed by atoms with E-state index in [1.807, 2.05) is 0 Å². The van der Waals surface area contributed by atoms with E-state index < -0.39 is 0 Å². The number of hydrogen-bond donors (Lipinski definition) is 1. The van der Waals surface area contributed by atoms with Crippen LogP contribution in [0.5, 0.6) is 0 Å². The van der Waals surface area contributed by atoms with E-state index in [1.54, 1.807) is 5.57 Å². The lowest BCUT2D eigenvalue weighted by Crippen LogP contribution is -2.11. The van der Waals surface area contributed by atoms with E-state index in [0.717, 1.165) is 12.5 Å². The maximum Gasteiger partial charge on any atom is -0.00141 e. The normalized spacial score (nSPS) is 29.0.